The maximum absolute atomic E-state index is 6.20. The number of rotatable bonds is 4. The molecule has 0 bridgehead atoms. The van der Waals surface area contributed by atoms with E-state index in [0.29, 0.717) is 12.6 Å². The van der Waals surface area contributed by atoms with Crippen LogP contribution in [0.4, 0.5) is 0 Å². The number of aromatic nitrogens is 1. The Morgan fingerprint density at radius 3 is 2.81 bits per heavy atom. The number of nitrogens with zero attached hydrogens (tertiary/aromatic N) is 1. The van der Waals surface area contributed by atoms with Crippen molar-refractivity contribution in [3.8, 4) is 5.88 Å². The van der Waals surface area contributed by atoms with Gasteiger partial charge < -0.3 is 15.2 Å². The standard InChI is InChI=1S/C17H26N2O2/c1-20-14-6-4-7-15(10-14)21-17-13(11-18)9-12-5-2-3-8-16(12)19-17/h9,14-15H,2-8,10-11,18H2,1H3. The van der Waals surface area contributed by atoms with Gasteiger partial charge in [-0.1, -0.05) is 0 Å². The normalized spacial score (nSPS) is 25.4. The molecule has 4 nitrogen and oxygen atoms in total. The summed E-state index contributed by atoms with van der Waals surface area (Å²) in [5.41, 5.74) is 9.53. The van der Waals surface area contributed by atoms with E-state index in [2.05, 4.69) is 6.07 Å². The Morgan fingerprint density at radius 2 is 2.00 bits per heavy atom. The molecule has 0 saturated heterocycles. The van der Waals surface area contributed by atoms with Crippen molar-refractivity contribution in [2.75, 3.05) is 7.11 Å². The van der Waals surface area contributed by atoms with Gasteiger partial charge in [0.1, 0.15) is 6.10 Å². The summed E-state index contributed by atoms with van der Waals surface area (Å²) in [7, 11) is 1.79. The van der Waals surface area contributed by atoms with Gasteiger partial charge in [-0.15, -0.1) is 0 Å². The number of hydrogen-bond donors (Lipinski definition) is 1. The van der Waals surface area contributed by atoms with Gasteiger partial charge in [-0.3, -0.25) is 0 Å². The van der Waals surface area contributed by atoms with Crippen LogP contribution >= 0.6 is 0 Å². The van der Waals surface area contributed by atoms with Crippen molar-refractivity contribution in [3.05, 3.63) is 22.9 Å². The van der Waals surface area contributed by atoms with Gasteiger partial charge in [0, 0.05) is 31.3 Å². The van der Waals surface area contributed by atoms with E-state index < -0.39 is 0 Å². The highest BCUT2D eigenvalue weighted by Gasteiger charge is 2.25. The van der Waals surface area contributed by atoms with Gasteiger partial charge in [-0.25, -0.2) is 4.98 Å². The fourth-order valence-electron chi connectivity index (χ4n) is 3.49. The highest BCUT2D eigenvalue weighted by Crippen LogP contribution is 2.29. The molecule has 0 radical (unpaired) electrons. The Labute approximate surface area is 127 Å². The van der Waals surface area contributed by atoms with Crippen LogP contribution in [0.1, 0.15) is 55.3 Å². The molecule has 2 N–H and O–H groups in total. The molecule has 0 aromatic carbocycles. The van der Waals surface area contributed by atoms with Crippen molar-refractivity contribution in [2.45, 2.75) is 70.1 Å². The quantitative estimate of drug-likeness (QED) is 0.926. The van der Waals surface area contributed by atoms with Gasteiger partial charge in [0.15, 0.2) is 0 Å². The first-order chi connectivity index (χ1) is 10.3. The second kappa shape index (κ2) is 6.75. The summed E-state index contributed by atoms with van der Waals surface area (Å²) in [5.74, 6) is 0.764. The summed E-state index contributed by atoms with van der Waals surface area (Å²) in [5, 5.41) is 0. The first kappa shape index (κ1) is 14.8. The topological polar surface area (TPSA) is 57.4 Å². The molecule has 2 unspecified atom stereocenters. The number of hydrogen-bond acceptors (Lipinski definition) is 4. The molecule has 2 atom stereocenters. The predicted molar refractivity (Wildman–Crippen MR) is 82.5 cm³/mol. The van der Waals surface area contributed by atoms with Gasteiger partial charge in [-0.2, -0.15) is 0 Å². The van der Waals surface area contributed by atoms with Crippen LogP contribution in [-0.2, 0) is 24.1 Å². The molecule has 1 aromatic rings. The number of ether oxygens (including phenoxy) is 2. The van der Waals surface area contributed by atoms with E-state index in [9.17, 15) is 0 Å². The zero-order chi connectivity index (χ0) is 14.7. The lowest BCUT2D eigenvalue weighted by Crippen LogP contribution is -2.30. The number of methoxy groups -OCH3 is 1. The fraction of sp³-hybridized carbons (Fsp3) is 0.706. The maximum Gasteiger partial charge on any atom is 0.218 e. The van der Waals surface area contributed by atoms with Gasteiger partial charge in [0.25, 0.3) is 0 Å². The fourth-order valence-corrected chi connectivity index (χ4v) is 3.49. The second-order valence-corrected chi connectivity index (χ2v) is 6.23. The Balaban J connectivity index is 1.77. The molecule has 21 heavy (non-hydrogen) atoms. The van der Waals surface area contributed by atoms with Crippen LogP contribution in [0.5, 0.6) is 5.88 Å². The smallest absolute Gasteiger partial charge is 0.218 e. The molecule has 0 spiro atoms. The lowest BCUT2D eigenvalue weighted by Gasteiger charge is -2.29. The average molecular weight is 290 g/mol. The molecule has 1 aromatic heterocycles. The third-order valence-electron chi connectivity index (χ3n) is 4.75. The Kier molecular flexibility index (Phi) is 4.76. The highest BCUT2D eigenvalue weighted by molar-refractivity contribution is 5.36. The summed E-state index contributed by atoms with van der Waals surface area (Å²) in [6.45, 7) is 0.496. The minimum Gasteiger partial charge on any atom is -0.474 e. The zero-order valence-electron chi connectivity index (χ0n) is 12.9. The number of fused-ring (bicyclic) bond motifs is 1. The molecule has 4 heteroatoms. The van der Waals surface area contributed by atoms with Crippen molar-refractivity contribution < 1.29 is 9.47 Å². The molecular formula is C17H26N2O2. The van der Waals surface area contributed by atoms with Crippen LogP contribution in [0, 0.1) is 0 Å². The van der Waals surface area contributed by atoms with E-state index in [1.54, 1.807) is 7.11 Å². The van der Waals surface area contributed by atoms with Crippen LogP contribution < -0.4 is 10.5 Å². The number of pyridine rings is 1. The highest BCUT2D eigenvalue weighted by atomic mass is 16.5. The van der Waals surface area contributed by atoms with Crippen molar-refractivity contribution in [1.82, 2.24) is 4.98 Å². The van der Waals surface area contributed by atoms with E-state index in [4.69, 9.17) is 20.2 Å². The van der Waals surface area contributed by atoms with E-state index in [1.807, 2.05) is 0 Å². The van der Waals surface area contributed by atoms with Crippen LogP contribution in [0.25, 0.3) is 0 Å². The molecule has 1 fully saturated rings. The third kappa shape index (κ3) is 3.38. The Hall–Kier alpha value is -1.13. The van der Waals surface area contributed by atoms with Gasteiger partial charge >= 0.3 is 0 Å². The van der Waals surface area contributed by atoms with Crippen molar-refractivity contribution in [3.63, 3.8) is 0 Å². The largest absolute Gasteiger partial charge is 0.474 e. The monoisotopic (exact) mass is 290 g/mol. The van der Waals surface area contributed by atoms with Crippen LogP contribution in [0.15, 0.2) is 6.07 Å². The molecule has 2 aliphatic carbocycles. The minimum absolute atomic E-state index is 0.211. The molecular weight excluding hydrogens is 264 g/mol. The lowest BCUT2D eigenvalue weighted by molar-refractivity contribution is 0.0191. The summed E-state index contributed by atoms with van der Waals surface area (Å²) in [6, 6.07) is 2.22. The van der Waals surface area contributed by atoms with E-state index >= 15 is 0 Å². The molecule has 0 amide bonds. The molecule has 2 aliphatic rings. The molecule has 1 heterocycles. The molecule has 116 valence electrons. The second-order valence-electron chi connectivity index (χ2n) is 6.23. The molecule has 1 saturated carbocycles. The van der Waals surface area contributed by atoms with E-state index in [0.717, 1.165) is 50.0 Å². The number of aryl methyl sites for hydroxylation is 2. The third-order valence-corrected chi connectivity index (χ3v) is 4.75. The summed E-state index contributed by atoms with van der Waals surface area (Å²) < 4.78 is 11.7. The predicted octanol–water partition coefficient (Wildman–Crippen LogP) is 2.76. The SMILES string of the molecule is COC1CCCC(Oc2nc3c(cc2CN)CCCC3)C1. The summed E-state index contributed by atoms with van der Waals surface area (Å²) in [4.78, 5) is 4.79. The average Bonchev–Trinajstić information content (AvgIpc) is 2.54. The van der Waals surface area contributed by atoms with Crippen LogP contribution in [0.3, 0.4) is 0 Å². The van der Waals surface area contributed by atoms with Crippen LogP contribution in [-0.4, -0.2) is 24.3 Å². The molecule has 3 rings (SSSR count). The van der Waals surface area contributed by atoms with E-state index in [-0.39, 0.29) is 6.10 Å². The summed E-state index contributed by atoms with van der Waals surface area (Å²) >= 11 is 0. The van der Waals surface area contributed by atoms with Gasteiger partial charge in [0.05, 0.1) is 6.10 Å². The van der Waals surface area contributed by atoms with Crippen molar-refractivity contribution >= 4 is 0 Å². The van der Waals surface area contributed by atoms with Crippen LogP contribution in [0.2, 0.25) is 0 Å². The Bertz CT molecular complexity index is 490. The first-order valence-corrected chi connectivity index (χ1v) is 8.21. The maximum atomic E-state index is 6.20. The molecule has 0 aliphatic heterocycles. The van der Waals surface area contributed by atoms with Gasteiger partial charge in [-0.05, 0) is 56.6 Å². The van der Waals surface area contributed by atoms with E-state index in [1.165, 1.54) is 24.1 Å². The zero-order valence-corrected chi connectivity index (χ0v) is 12.9. The summed E-state index contributed by atoms with van der Waals surface area (Å²) in [6.07, 6.45) is 9.57. The van der Waals surface area contributed by atoms with Gasteiger partial charge in [0.2, 0.25) is 5.88 Å². The first-order valence-electron chi connectivity index (χ1n) is 8.21. The minimum atomic E-state index is 0.211. The van der Waals surface area contributed by atoms with Crippen molar-refractivity contribution in [2.24, 2.45) is 5.73 Å². The Morgan fingerprint density at radius 1 is 1.19 bits per heavy atom. The lowest BCUT2D eigenvalue weighted by atomic mass is 9.94. The van der Waals surface area contributed by atoms with Crippen molar-refractivity contribution in [1.29, 1.82) is 0 Å². The number of nitrogens with two attached hydrogens (primary N) is 1.